The average Bonchev–Trinajstić information content (AvgIpc) is 3.93. The Bertz CT molecular complexity index is 2680. The van der Waals surface area contributed by atoms with Gasteiger partial charge in [-0.25, -0.2) is 28.8 Å². The number of cyclic esters (lactones) is 4. The maximum absolute atomic E-state index is 13.5. The molecule has 348 valence electrons. The minimum atomic E-state index is -0.788. The van der Waals surface area contributed by atoms with Gasteiger partial charge in [-0.2, -0.15) is 0 Å². The van der Waals surface area contributed by atoms with Gasteiger partial charge in [-0.1, -0.05) is 78.1 Å². The molecule has 10 heteroatoms. The second-order valence-corrected chi connectivity index (χ2v) is 21.7. The number of rotatable bonds is 11. The minimum absolute atomic E-state index is 0.0404. The van der Waals surface area contributed by atoms with E-state index < -0.39 is 41.2 Å². The van der Waals surface area contributed by atoms with Gasteiger partial charge in [0, 0.05) is 5.41 Å². The first-order chi connectivity index (χ1) is 32.1. The smallest absolute Gasteiger partial charge is 0.347 e. The molecule has 0 amide bonds. The molecule has 2 aliphatic heterocycles. The van der Waals surface area contributed by atoms with Crippen LogP contribution in [0.2, 0.25) is 0 Å². The van der Waals surface area contributed by atoms with Crippen molar-refractivity contribution in [2.45, 2.75) is 117 Å². The van der Waals surface area contributed by atoms with Gasteiger partial charge < -0.3 is 18.9 Å². The summed E-state index contributed by atoms with van der Waals surface area (Å²) in [5.41, 5.74) is 3.27. The second-order valence-electron chi connectivity index (χ2n) is 21.7. The first-order valence-corrected chi connectivity index (χ1v) is 24.5. The van der Waals surface area contributed by atoms with E-state index in [9.17, 15) is 28.8 Å². The van der Waals surface area contributed by atoms with Gasteiger partial charge in [-0.3, -0.25) is 0 Å². The summed E-state index contributed by atoms with van der Waals surface area (Å²) in [6, 6.07) is 23.9. The fourth-order valence-electron chi connectivity index (χ4n) is 14.4. The van der Waals surface area contributed by atoms with Crippen molar-refractivity contribution in [1.29, 1.82) is 0 Å². The van der Waals surface area contributed by atoms with E-state index in [0.717, 1.165) is 60.0 Å². The number of benzene rings is 4. The first kappa shape index (κ1) is 44.9. The molecule has 0 N–H and O–H groups in total. The summed E-state index contributed by atoms with van der Waals surface area (Å²) in [5, 5.41) is 0. The highest BCUT2D eigenvalue weighted by Gasteiger charge is 2.62. The van der Waals surface area contributed by atoms with Crippen molar-refractivity contribution in [3.8, 4) is 11.5 Å². The van der Waals surface area contributed by atoms with E-state index in [-0.39, 0.29) is 39.0 Å². The Morgan fingerprint density at radius 3 is 1.84 bits per heavy atom. The molecule has 6 aliphatic rings. The van der Waals surface area contributed by atoms with Crippen molar-refractivity contribution in [3.05, 3.63) is 129 Å². The van der Waals surface area contributed by atoms with Crippen molar-refractivity contribution in [1.82, 2.24) is 0 Å². The van der Waals surface area contributed by atoms with E-state index in [1.165, 1.54) is 94.2 Å². The van der Waals surface area contributed by atoms with Crippen LogP contribution in [0.4, 0.5) is 0 Å². The Morgan fingerprint density at radius 1 is 0.582 bits per heavy atom. The van der Waals surface area contributed by atoms with Crippen LogP contribution in [0.1, 0.15) is 185 Å². The molecule has 0 radical (unpaired) electrons. The normalized spacial score (nSPS) is 29.8. The van der Waals surface area contributed by atoms with Crippen LogP contribution in [-0.4, -0.2) is 35.8 Å². The Hall–Kier alpha value is -5.90. The molecule has 9 unspecified atom stereocenters. The molecule has 4 saturated carbocycles. The SMILES string of the molecule is CC(C)CCCC(C)C1CCC2C3CCC4CC(c5ccc(OC(=O)c6ccc7c(c6)C(=O)OC7=O)cc5)(c5ccc(C(=O)Oc6ccc7c(c6)C(=O)OC7=O)cc5)CCC4(C)C3CCC12C. The van der Waals surface area contributed by atoms with Gasteiger partial charge in [-0.05, 0) is 182 Å². The maximum Gasteiger partial charge on any atom is 0.347 e. The number of hydrogen-bond acceptors (Lipinski definition) is 10. The fourth-order valence-corrected chi connectivity index (χ4v) is 14.4. The summed E-state index contributed by atoms with van der Waals surface area (Å²) in [5.74, 6) is 1.29. The average molecular weight is 905 g/mol. The lowest BCUT2D eigenvalue weighted by Crippen LogP contribution is -2.55. The molecule has 9 atom stereocenters. The lowest BCUT2D eigenvalue weighted by atomic mass is 9.42. The topological polar surface area (TPSA) is 139 Å². The molecule has 67 heavy (non-hydrogen) atoms. The molecule has 0 spiro atoms. The Balaban J connectivity index is 0.909. The van der Waals surface area contributed by atoms with Gasteiger partial charge in [0.15, 0.2) is 0 Å². The standard InChI is InChI=1S/C57H60O10/c1-32(2)7-6-8-33(3)46-23-24-47-43-21-16-38-31-57(28-27-55(38,4)48(43)25-26-56(46,47)5,36-12-9-34(10-13-36)49(58)65-40-19-22-42-45(30-40)54(63)67-52(42)61)37-14-17-39(18-15-37)64-50(59)35-11-20-41-44(29-35)53(62)66-51(41)60/h9-15,17-20,22,29-30,32-33,38,43,46-48H,6-8,16,21,23-28,31H2,1-5H3. The van der Waals surface area contributed by atoms with E-state index in [1.807, 2.05) is 24.3 Å². The van der Waals surface area contributed by atoms with Crippen molar-refractivity contribution in [2.24, 2.45) is 52.3 Å². The van der Waals surface area contributed by atoms with Crippen molar-refractivity contribution >= 4 is 35.8 Å². The third-order valence-electron chi connectivity index (χ3n) is 17.9. The molecule has 0 saturated heterocycles. The summed E-state index contributed by atoms with van der Waals surface area (Å²) in [6.45, 7) is 12.5. The van der Waals surface area contributed by atoms with Crippen molar-refractivity contribution < 1.29 is 47.7 Å². The molecular formula is C57H60O10. The second kappa shape index (κ2) is 17.0. The third kappa shape index (κ3) is 7.72. The van der Waals surface area contributed by atoms with Crippen LogP contribution < -0.4 is 9.47 Å². The molecule has 4 aromatic carbocycles. The van der Waals surface area contributed by atoms with Crippen LogP contribution in [0.5, 0.6) is 11.5 Å². The highest BCUT2D eigenvalue weighted by molar-refractivity contribution is 6.16. The van der Waals surface area contributed by atoms with Crippen LogP contribution in [0, 0.1) is 52.3 Å². The molecule has 10 nitrogen and oxygen atoms in total. The van der Waals surface area contributed by atoms with Gasteiger partial charge in [-0.15, -0.1) is 0 Å². The van der Waals surface area contributed by atoms with E-state index in [1.54, 1.807) is 12.1 Å². The lowest BCUT2D eigenvalue weighted by Gasteiger charge is -2.63. The van der Waals surface area contributed by atoms with Crippen LogP contribution in [-0.2, 0) is 14.9 Å². The van der Waals surface area contributed by atoms with Gasteiger partial charge >= 0.3 is 35.8 Å². The molecule has 0 aromatic heterocycles. The lowest BCUT2D eigenvalue weighted by molar-refractivity contribution is -0.122. The zero-order valence-corrected chi connectivity index (χ0v) is 39.2. The summed E-state index contributed by atoms with van der Waals surface area (Å²) >= 11 is 0. The quantitative estimate of drug-likeness (QED) is 0.0811. The predicted octanol–water partition coefficient (Wildman–Crippen LogP) is 12.2. The summed E-state index contributed by atoms with van der Waals surface area (Å²) in [7, 11) is 0. The zero-order chi connectivity index (χ0) is 47.0. The van der Waals surface area contributed by atoms with E-state index in [0.29, 0.717) is 28.6 Å². The zero-order valence-electron chi connectivity index (χ0n) is 39.2. The van der Waals surface area contributed by atoms with Crippen LogP contribution in [0.3, 0.4) is 0 Å². The Labute approximate surface area is 392 Å². The fraction of sp³-hybridized carbons (Fsp3) is 0.474. The van der Waals surface area contributed by atoms with E-state index >= 15 is 0 Å². The van der Waals surface area contributed by atoms with Gasteiger partial charge in [0.2, 0.25) is 0 Å². The summed E-state index contributed by atoms with van der Waals surface area (Å²) in [6.07, 6.45) is 14.7. The monoisotopic (exact) mass is 904 g/mol. The molecule has 10 rings (SSSR count). The van der Waals surface area contributed by atoms with Gasteiger partial charge in [0.25, 0.3) is 0 Å². The molecule has 4 aliphatic carbocycles. The van der Waals surface area contributed by atoms with Crippen molar-refractivity contribution in [2.75, 3.05) is 0 Å². The van der Waals surface area contributed by atoms with Crippen LogP contribution in [0.25, 0.3) is 0 Å². The number of hydrogen-bond donors (Lipinski definition) is 0. The minimum Gasteiger partial charge on any atom is -0.423 e. The maximum atomic E-state index is 13.5. The number of carbonyl (C=O) groups excluding carboxylic acids is 6. The number of ether oxygens (including phenoxy) is 4. The number of carbonyl (C=O) groups is 6. The number of esters is 6. The van der Waals surface area contributed by atoms with E-state index in [2.05, 4.69) is 46.8 Å². The molecule has 2 heterocycles. The van der Waals surface area contributed by atoms with E-state index in [4.69, 9.17) is 18.9 Å². The van der Waals surface area contributed by atoms with Gasteiger partial charge in [0.1, 0.15) is 11.5 Å². The Kier molecular flexibility index (Phi) is 11.4. The molecule has 4 aromatic rings. The summed E-state index contributed by atoms with van der Waals surface area (Å²) in [4.78, 5) is 75.2. The Morgan fingerprint density at radius 2 is 1.15 bits per heavy atom. The molecule has 4 fully saturated rings. The first-order valence-electron chi connectivity index (χ1n) is 24.5. The highest BCUT2D eigenvalue weighted by atomic mass is 16.6. The molecule has 0 bridgehead atoms. The predicted molar refractivity (Wildman–Crippen MR) is 249 cm³/mol. The van der Waals surface area contributed by atoms with Crippen molar-refractivity contribution in [3.63, 3.8) is 0 Å². The van der Waals surface area contributed by atoms with Gasteiger partial charge in [0.05, 0.1) is 33.4 Å². The van der Waals surface area contributed by atoms with Crippen LogP contribution in [0.15, 0.2) is 84.9 Å². The molecular weight excluding hydrogens is 845 g/mol. The van der Waals surface area contributed by atoms with Crippen LogP contribution >= 0.6 is 0 Å². The third-order valence-corrected chi connectivity index (χ3v) is 17.9. The highest BCUT2D eigenvalue weighted by Crippen LogP contribution is 2.70. The largest absolute Gasteiger partial charge is 0.423 e. The summed E-state index contributed by atoms with van der Waals surface area (Å²) < 4.78 is 20.9. The number of fused-ring (bicyclic) bond motifs is 7.